The van der Waals surface area contributed by atoms with E-state index >= 15 is 0 Å². The second-order valence-electron chi connectivity index (χ2n) is 4.20. The quantitative estimate of drug-likeness (QED) is 0.654. The van der Waals surface area contributed by atoms with E-state index in [0.29, 0.717) is 12.8 Å². The fourth-order valence-electron chi connectivity index (χ4n) is 1.16. The highest BCUT2D eigenvalue weighted by Crippen LogP contribution is 2.18. The average Bonchev–Trinajstić information content (AvgIpc) is 2.04. The lowest BCUT2D eigenvalue weighted by atomic mass is 9.85. The zero-order valence-corrected chi connectivity index (χ0v) is 8.89. The van der Waals surface area contributed by atoms with Crippen LogP contribution in [-0.4, -0.2) is 25.2 Å². The van der Waals surface area contributed by atoms with Crippen molar-refractivity contribution in [3.63, 3.8) is 0 Å². The normalized spacial score (nSPS) is 13.8. The topological polar surface area (TPSA) is 46.2 Å². The highest BCUT2D eigenvalue weighted by atomic mass is 16.1. The van der Waals surface area contributed by atoms with Gasteiger partial charge in [-0.2, -0.15) is 0 Å². The molecule has 0 bridgehead atoms. The van der Waals surface area contributed by atoms with Gasteiger partial charge >= 0.3 is 0 Å². The third-order valence-electron chi connectivity index (χ3n) is 1.98. The molecule has 0 fully saturated rings. The lowest BCUT2D eigenvalue weighted by Crippen LogP contribution is -2.41. The van der Waals surface area contributed by atoms with Gasteiger partial charge in [-0.05, 0) is 13.5 Å². The summed E-state index contributed by atoms with van der Waals surface area (Å²) in [5.41, 5.74) is -0.337. The van der Waals surface area contributed by atoms with Crippen LogP contribution < -0.4 is 5.32 Å². The molecule has 3 heteroatoms. The van der Waals surface area contributed by atoms with Gasteiger partial charge in [-0.25, -0.2) is 0 Å². The van der Waals surface area contributed by atoms with Crippen LogP contribution in [0.1, 0.15) is 33.6 Å². The van der Waals surface area contributed by atoms with Gasteiger partial charge in [-0.1, -0.05) is 20.8 Å². The monoisotopic (exact) mass is 185 g/mol. The molecular weight excluding hydrogens is 166 g/mol. The van der Waals surface area contributed by atoms with Crippen molar-refractivity contribution in [2.75, 3.05) is 7.05 Å². The predicted molar refractivity (Wildman–Crippen MR) is 52.6 cm³/mol. The number of aldehydes is 1. The van der Waals surface area contributed by atoms with Crippen LogP contribution in [0.4, 0.5) is 0 Å². The first-order valence-electron chi connectivity index (χ1n) is 4.58. The van der Waals surface area contributed by atoms with E-state index in [1.165, 1.54) is 0 Å². The van der Waals surface area contributed by atoms with Crippen molar-refractivity contribution in [3.8, 4) is 0 Å². The maximum atomic E-state index is 11.7. The summed E-state index contributed by atoms with van der Waals surface area (Å²) in [6, 6.07) is -0.190. The molecule has 0 aliphatic carbocycles. The van der Waals surface area contributed by atoms with E-state index in [9.17, 15) is 9.59 Å². The minimum Gasteiger partial charge on any atom is -0.311 e. The maximum Gasteiger partial charge on any atom is 0.155 e. The van der Waals surface area contributed by atoms with Crippen molar-refractivity contribution in [2.24, 2.45) is 5.41 Å². The van der Waals surface area contributed by atoms with Crippen molar-refractivity contribution in [1.29, 1.82) is 0 Å². The summed E-state index contributed by atoms with van der Waals surface area (Å²) in [5, 5.41) is 2.93. The molecule has 0 aromatic heterocycles. The Kier molecular flexibility index (Phi) is 4.85. The van der Waals surface area contributed by atoms with E-state index in [4.69, 9.17) is 0 Å². The number of rotatable bonds is 5. The highest BCUT2D eigenvalue weighted by Gasteiger charge is 2.27. The van der Waals surface area contributed by atoms with E-state index in [1.54, 1.807) is 7.05 Å². The summed E-state index contributed by atoms with van der Waals surface area (Å²) < 4.78 is 0. The summed E-state index contributed by atoms with van der Waals surface area (Å²) >= 11 is 0. The minimum absolute atomic E-state index is 0.164. The van der Waals surface area contributed by atoms with Gasteiger partial charge in [0.15, 0.2) is 5.78 Å². The molecule has 0 aliphatic heterocycles. The van der Waals surface area contributed by atoms with Gasteiger partial charge < -0.3 is 10.1 Å². The van der Waals surface area contributed by atoms with Crippen LogP contribution in [0.15, 0.2) is 0 Å². The van der Waals surface area contributed by atoms with Gasteiger partial charge in [0.2, 0.25) is 0 Å². The molecule has 0 radical (unpaired) electrons. The van der Waals surface area contributed by atoms with Crippen molar-refractivity contribution < 1.29 is 9.59 Å². The van der Waals surface area contributed by atoms with E-state index in [2.05, 4.69) is 5.32 Å². The van der Waals surface area contributed by atoms with Crippen LogP contribution in [0.5, 0.6) is 0 Å². The SMILES string of the molecule is CNC(CCC=O)C(=O)C(C)(C)C. The molecule has 1 N–H and O–H groups in total. The van der Waals surface area contributed by atoms with Gasteiger partial charge in [0.1, 0.15) is 6.29 Å². The molecule has 1 unspecified atom stereocenters. The molecule has 76 valence electrons. The first-order chi connectivity index (χ1) is 5.93. The van der Waals surface area contributed by atoms with Crippen LogP contribution in [0.3, 0.4) is 0 Å². The Morgan fingerprint density at radius 3 is 2.31 bits per heavy atom. The summed E-state index contributed by atoms with van der Waals surface area (Å²) in [4.78, 5) is 21.9. The molecule has 0 spiro atoms. The van der Waals surface area contributed by atoms with E-state index < -0.39 is 0 Å². The smallest absolute Gasteiger partial charge is 0.155 e. The summed E-state index contributed by atoms with van der Waals surface area (Å²) in [6.07, 6.45) is 1.88. The number of hydrogen-bond donors (Lipinski definition) is 1. The van der Waals surface area contributed by atoms with Crippen LogP contribution in [-0.2, 0) is 9.59 Å². The number of carbonyl (C=O) groups is 2. The molecular formula is C10H19NO2. The number of nitrogens with one attached hydrogen (secondary N) is 1. The molecule has 0 rings (SSSR count). The number of carbonyl (C=O) groups excluding carboxylic acids is 2. The summed E-state index contributed by atoms with van der Waals surface area (Å²) in [6.45, 7) is 5.67. The second kappa shape index (κ2) is 5.12. The number of hydrogen-bond acceptors (Lipinski definition) is 3. The number of likely N-dealkylation sites (N-methyl/N-ethyl adjacent to an activating group) is 1. The summed E-state index contributed by atoms with van der Waals surface area (Å²) in [5.74, 6) is 0.164. The summed E-state index contributed by atoms with van der Waals surface area (Å²) in [7, 11) is 1.75. The molecule has 0 saturated heterocycles. The van der Waals surface area contributed by atoms with Gasteiger partial charge in [-0.3, -0.25) is 4.79 Å². The molecule has 1 atom stereocenters. The molecule has 0 heterocycles. The third-order valence-corrected chi connectivity index (χ3v) is 1.98. The van der Waals surface area contributed by atoms with Gasteiger partial charge in [-0.15, -0.1) is 0 Å². The Bertz CT molecular complexity index is 182. The standard InChI is InChI=1S/C10H19NO2/c1-10(2,3)9(13)8(11-4)6-5-7-12/h7-8,11H,5-6H2,1-4H3. The third kappa shape index (κ3) is 4.18. The lowest BCUT2D eigenvalue weighted by molar-refractivity contribution is -0.128. The molecule has 0 amide bonds. The number of ketones is 1. The van der Waals surface area contributed by atoms with Crippen molar-refractivity contribution in [1.82, 2.24) is 5.32 Å². The largest absolute Gasteiger partial charge is 0.311 e. The first-order valence-corrected chi connectivity index (χ1v) is 4.58. The van der Waals surface area contributed by atoms with E-state index in [-0.39, 0.29) is 17.2 Å². The fraction of sp³-hybridized carbons (Fsp3) is 0.800. The molecule has 0 saturated carbocycles. The Morgan fingerprint density at radius 2 is 2.00 bits per heavy atom. The van der Waals surface area contributed by atoms with Crippen molar-refractivity contribution >= 4 is 12.1 Å². The van der Waals surface area contributed by atoms with Crippen LogP contribution in [0.2, 0.25) is 0 Å². The average molecular weight is 185 g/mol. The Hall–Kier alpha value is -0.700. The van der Waals surface area contributed by atoms with Crippen molar-refractivity contribution in [2.45, 2.75) is 39.7 Å². The molecule has 0 aliphatic rings. The Morgan fingerprint density at radius 1 is 1.46 bits per heavy atom. The van der Waals surface area contributed by atoms with Gasteiger partial charge in [0.05, 0.1) is 6.04 Å². The molecule has 0 aromatic carbocycles. The molecule has 13 heavy (non-hydrogen) atoms. The Balaban J connectivity index is 4.23. The minimum atomic E-state index is -0.337. The zero-order chi connectivity index (χ0) is 10.5. The van der Waals surface area contributed by atoms with Crippen molar-refractivity contribution in [3.05, 3.63) is 0 Å². The maximum absolute atomic E-state index is 11.7. The first kappa shape index (κ1) is 12.3. The van der Waals surface area contributed by atoms with Crippen LogP contribution in [0, 0.1) is 5.41 Å². The lowest BCUT2D eigenvalue weighted by Gasteiger charge is -2.23. The van der Waals surface area contributed by atoms with E-state index in [0.717, 1.165) is 6.29 Å². The highest BCUT2D eigenvalue weighted by molar-refractivity contribution is 5.88. The number of Topliss-reactive ketones (excluding diaryl/α,β-unsaturated/α-hetero) is 1. The van der Waals surface area contributed by atoms with Crippen LogP contribution >= 0.6 is 0 Å². The van der Waals surface area contributed by atoms with E-state index in [1.807, 2.05) is 20.8 Å². The fourth-order valence-corrected chi connectivity index (χ4v) is 1.16. The van der Waals surface area contributed by atoms with Gasteiger partial charge in [0.25, 0.3) is 0 Å². The molecule has 0 aromatic rings. The molecule has 3 nitrogen and oxygen atoms in total. The zero-order valence-electron chi connectivity index (χ0n) is 8.89. The predicted octanol–water partition coefficient (Wildman–Crippen LogP) is 1.17. The van der Waals surface area contributed by atoms with Gasteiger partial charge in [0, 0.05) is 11.8 Å². The van der Waals surface area contributed by atoms with Crippen LogP contribution in [0.25, 0.3) is 0 Å². The second-order valence-corrected chi connectivity index (χ2v) is 4.20. The Labute approximate surface area is 79.9 Å².